The van der Waals surface area contributed by atoms with Gasteiger partial charge in [0.25, 0.3) is 0 Å². The molecular formula is C18H28N2O4S. The van der Waals surface area contributed by atoms with E-state index >= 15 is 0 Å². The molecule has 0 radical (unpaired) electrons. The molecule has 0 bridgehead atoms. The third-order valence-corrected chi connectivity index (χ3v) is 6.65. The standard InChI is InChI=1S/C18H28N2O4S/c1-5-10-25(22,23)20-8-6-19(7-9-20)18(21)13-16-15(3)11-14(2)12-17(16)24-4/h11-12H,5-10,13H2,1-4H3. The first-order valence-electron chi connectivity index (χ1n) is 8.68. The lowest BCUT2D eigenvalue weighted by molar-refractivity contribution is -0.131. The number of hydrogen-bond acceptors (Lipinski definition) is 4. The molecule has 0 unspecified atom stereocenters. The summed E-state index contributed by atoms with van der Waals surface area (Å²) in [4.78, 5) is 14.4. The van der Waals surface area contributed by atoms with Crippen molar-refractivity contribution in [2.75, 3.05) is 39.0 Å². The van der Waals surface area contributed by atoms with Crippen LogP contribution in [0.25, 0.3) is 0 Å². The Kier molecular flexibility index (Phi) is 6.46. The predicted molar refractivity (Wildman–Crippen MR) is 98.4 cm³/mol. The number of methoxy groups -OCH3 is 1. The minimum Gasteiger partial charge on any atom is -0.496 e. The van der Waals surface area contributed by atoms with Crippen LogP contribution in [-0.4, -0.2) is 62.6 Å². The van der Waals surface area contributed by atoms with Crippen LogP contribution in [0.5, 0.6) is 5.75 Å². The number of piperazine rings is 1. The summed E-state index contributed by atoms with van der Waals surface area (Å²) < 4.78 is 31.2. The minimum atomic E-state index is -3.19. The Morgan fingerprint density at radius 2 is 1.80 bits per heavy atom. The fraction of sp³-hybridized carbons (Fsp3) is 0.611. The Morgan fingerprint density at radius 3 is 2.36 bits per heavy atom. The van der Waals surface area contributed by atoms with Crippen LogP contribution >= 0.6 is 0 Å². The van der Waals surface area contributed by atoms with Crippen molar-refractivity contribution in [2.45, 2.75) is 33.6 Å². The Balaban J connectivity index is 2.03. The molecule has 1 amide bonds. The zero-order valence-electron chi connectivity index (χ0n) is 15.5. The summed E-state index contributed by atoms with van der Waals surface area (Å²) in [6, 6.07) is 3.98. The molecule has 7 heteroatoms. The van der Waals surface area contributed by atoms with E-state index in [1.165, 1.54) is 4.31 Å². The van der Waals surface area contributed by atoms with Crippen molar-refractivity contribution < 1.29 is 17.9 Å². The molecule has 1 aliphatic heterocycles. The van der Waals surface area contributed by atoms with E-state index in [0.717, 1.165) is 22.4 Å². The van der Waals surface area contributed by atoms with E-state index in [9.17, 15) is 13.2 Å². The molecule has 1 aromatic rings. The van der Waals surface area contributed by atoms with Crippen molar-refractivity contribution in [1.82, 2.24) is 9.21 Å². The van der Waals surface area contributed by atoms with E-state index in [-0.39, 0.29) is 18.1 Å². The highest BCUT2D eigenvalue weighted by Crippen LogP contribution is 2.25. The molecule has 0 spiro atoms. The van der Waals surface area contributed by atoms with Crippen LogP contribution < -0.4 is 4.74 Å². The summed E-state index contributed by atoms with van der Waals surface area (Å²) in [6.07, 6.45) is 0.880. The third kappa shape index (κ3) is 4.73. The Hall–Kier alpha value is -1.60. The number of benzene rings is 1. The summed E-state index contributed by atoms with van der Waals surface area (Å²) in [6.45, 7) is 7.46. The highest BCUT2D eigenvalue weighted by atomic mass is 32.2. The van der Waals surface area contributed by atoms with Gasteiger partial charge in [-0.15, -0.1) is 0 Å². The van der Waals surface area contributed by atoms with Gasteiger partial charge in [-0.3, -0.25) is 4.79 Å². The van der Waals surface area contributed by atoms with Gasteiger partial charge in [-0.05, 0) is 37.5 Å². The van der Waals surface area contributed by atoms with Gasteiger partial charge in [0.2, 0.25) is 15.9 Å². The number of amides is 1. The van der Waals surface area contributed by atoms with E-state index in [0.29, 0.717) is 32.6 Å². The number of rotatable bonds is 6. The molecule has 1 saturated heterocycles. The van der Waals surface area contributed by atoms with Gasteiger partial charge in [0.15, 0.2) is 0 Å². The molecule has 1 fully saturated rings. The highest BCUT2D eigenvalue weighted by Gasteiger charge is 2.28. The Bertz CT molecular complexity index is 723. The normalized spacial score (nSPS) is 16.1. The Morgan fingerprint density at radius 1 is 1.16 bits per heavy atom. The fourth-order valence-corrected chi connectivity index (χ4v) is 4.73. The van der Waals surface area contributed by atoms with Gasteiger partial charge in [0.1, 0.15) is 5.75 Å². The summed E-state index contributed by atoms with van der Waals surface area (Å²) in [5.41, 5.74) is 3.04. The number of nitrogens with zero attached hydrogens (tertiary/aromatic N) is 2. The SMILES string of the molecule is CCCS(=O)(=O)N1CCN(C(=O)Cc2c(C)cc(C)cc2OC)CC1. The second-order valence-corrected chi connectivity index (χ2v) is 8.62. The number of aryl methyl sites for hydroxylation is 2. The second kappa shape index (κ2) is 8.19. The molecule has 140 valence electrons. The maximum atomic E-state index is 12.7. The van der Waals surface area contributed by atoms with Crippen molar-refractivity contribution in [3.63, 3.8) is 0 Å². The van der Waals surface area contributed by atoms with E-state index < -0.39 is 10.0 Å². The van der Waals surface area contributed by atoms with E-state index in [1.807, 2.05) is 32.9 Å². The van der Waals surface area contributed by atoms with E-state index in [4.69, 9.17) is 4.74 Å². The van der Waals surface area contributed by atoms with Gasteiger partial charge in [-0.25, -0.2) is 8.42 Å². The molecule has 25 heavy (non-hydrogen) atoms. The van der Waals surface area contributed by atoms with Crippen LogP contribution in [0.4, 0.5) is 0 Å². The highest BCUT2D eigenvalue weighted by molar-refractivity contribution is 7.89. The molecule has 1 aliphatic rings. The number of hydrogen-bond donors (Lipinski definition) is 0. The average Bonchev–Trinajstić information content (AvgIpc) is 2.57. The van der Waals surface area contributed by atoms with Crippen molar-refractivity contribution in [2.24, 2.45) is 0 Å². The van der Waals surface area contributed by atoms with Crippen LogP contribution in [0.1, 0.15) is 30.0 Å². The third-order valence-electron chi connectivity index (χ3n) is 4.57. The summed E-state index contributed by atoms with van der Waals surface area (Å²) in [7, 11) is -1.58. The van der Waals surface area contributed by atoms with Crippen LogP contribution in [0.15, 0.2) is 12.1 Å². The van der Waals surface area contributed by atoms with Gasteiger partial charge in [0, 0.05) is 31.7 Å². The topological polar surface area (TPSA) is 66.9 Å². The molecule has 6 nitrogen and oxygen atoms in total. The quantitative estimate of drug-likeness (QED) is 0.767. The molecule has 0 aromatic heterocycles. The first-order chi connectivity index (χ1) is 11.8. The zero-order valence-corrected chi connectivity index (χ0v) is 16.4. The number of carbonyl (C=O) groups is 1. The lowest BCUT2D eigenvalue weighted by Gasteiger charge is -2.34. The molecule has 1 aromatic carbocycles. The number of sulfonamides is 1. The van der Waals surface area contributed by atoms with Gasteiger partial charge in [-0.1, -0.05) is 13.0 Å². The summed E-state index contributed by atoms with van der Waals surface area (Å²) in [5, 5.41) is 0. The minimum absolute atomic E-state index is 0.0118. The van der Waals surface area contributed by atoms with E-state index in [1.54, 1.807) is 12.0 Å². The number of ether oxygens (including phenoxy) is 1. The van der Waals surface area contributed by atoms with Gasteiger partial charge >= 0.3 is 0 Å². The predicted octanol–water partition coefficient (Wildman–Crippen LogP) is 1.74. The fourth-order valence-electron chi connectivity index (χ4n) is 3.23. The van der Waals surface area contributed by atoms with E-state index in [2.05, 4.69) is 0 Å². The summed E-state index contributed by atoms with van der Waals surface area (Å²) in [5.74, 6) is 0.911. The molecule has 0 N–H and O–H groups in total. The maximum Gasteiger partial charge on any atom is 0.227 e. The Labute approximate surface area is 150 Å². The molecule has 1 heterocycles. The lowest BCUT2D eigenvalue weighted by atomic mass is 10.0. The first-order valence-corrected chi connectivity index (χ1v) is 10.3. The van der Waals surface area contributed by atoms with Crippen molar-refractivity contribution in [1.29, 1.82) is 0 Å². The maximum absolute atomic E-state index is 12.7. The van der Waals surface area contributed by atoms with Crippen molar-refractivity contribution in [3.8, 4) is 5.75 Å². The second-order valence-electron chi connectivity index (χ2n) is 6.54. The average molecular weight is 368 g/mol. The van der Waals surface area contributed by atoms with Crippen LogP contribution in [0.3, 0.4) is 0 Å². The van der Waals surface area contributed by atoms with Gasteiger partial charge in [-0.2, -0.15) is 4.31 Å². The molecule has 0 saturated carbocycles. The van der Waals surface area contributed by atoms with Crippen LogP contribution in [0.2, 0.25) is 0 Å². The monoisotopic (exact) mass is 368 g/mol. The largest absolute Gasteiger partial charge is 0.496 e. The van der Waals surface area contributed by atoms with Gasteiger partial charge < -0.3 is 9.64 Å². The van der Waals surface area contributed by atoms with Crippen LogP contribution in [-0.2, 0) is 21.2 Å². The smallest absolute Gasteiger partial charge is 0.227 e. The summed E-state index contributed by atoms with van der Waals surface area (Å²) >= 11 is 0. The van der Waals surface area contributed by atoms with Crippen LogP contribution in [0, 0.1) is 13.8 Å². The van der Waals surface area contributed by atoms with Crippen molar-refractivity contribution >= 4 is 15.9 Å². The van der Waals surface area contributed by atoms with Crippen molar-refractivity contribution in [3.05, 3.63) is 28.8 Å². The van der Waals surface area contributed by atoms with Gasteiger partial charge in [0.05, 0.1) is 19.3 Å². The molecule has 2 rings (SSSR count). The first kappa shape index (κ1) is 19.7. The lowest BCUT2D eigenvalue weighted by Crippen LogP contribution is -2.51. The molecule has 0 aliphatic carbocycles. The number of carbonyl (C=O) groups excluding carboxylic acids is 1. The molecular weight excluding hydrogens is 340 g/mol. The molecule has 0 atom stereocenters. The zero-order chi connectivity index (χ0) is 18.6.